The lowest BCUT2D eigenvalue weighted by atomic mass is 9.98. The first kappa shape index (κ1) is 23.2. The number of amides is 1. The zero-order valence-electron chi connectivity index (χ0n) is 18.2. The highest BCUT2D eigenvalue weighted by Crippen LogP contribution is 2.37. The van der Waals surface area contributed by atoms with Gasteiger partial charge in [0.1, 0.15) is 11.6 Å². The van der Waals surface area contributed by atoms with E-state index in [0.717, 1.165) is 12.1 Å². The summed E-state index contributed by atoms with van der Waals surface area (Å²) in [6.45, 7) is 1.79. The summed E-state index contributed by atoms with van der Waals surface area (Å²) in [4.78, 5) is 21.3. The lowest BCUT2D eigenvalue weighted by Gasteiger charge is -2.15. The van der Waals surface area contributed by atoms with Crippen molar-refractivity contribution in [2.75, 3.05) is 7.11 Å². The molecule has 1 unspecified atom stereocenters. The number of methoxy groups -OCH3 is 1. The van der Waals surface area contributed by atoms with E-state index in [1.54, 1.807) is 37.4 Å². The first-order chi connectivity index (χ1) is 16.2. The summed E-state index contributed by atoms with van der Waals surface area (Å²) in [5.74, 6) is -1.10. The quantitative estimate of drug-likeness (QED) is 0.367. The maximum atomic E-state index is 14.7. The Morgan fingerprint density at radius 3 is 2.47 bits per heavy atom. The average Bonchev–Trinajstić information content (AvgIpc) is 2.82. The Labute approximate surface area is 192 Å². The Bertz CT molecular complexity index is 1360. The van der Waals surface area contributed by atoms with Gasteiger partial charge in [0.15, 0.2) is 0 Å². The van der Waals surface area contributed by atoms with E-state index in [0.29, 0.717) is 28.4 Å². The van der Waals surface area contributed by atoms with E-state index < -0.39 is 23.5 Å². The van der Waals surface area contributed by atoms with Crippen molar-refractivity contribution in [2.24, 2.45) is 0 Å². The van der Waals surface area contributed by atoms with Crippen molar-refractivity contribution in [1.29, 1.82) is 0 Å². The molecule has 2 heterocycles. The maximum Gasteiger partial charge on any atom is 0.416 e. The van der Waals surface area contributed by atoms with E-state index in [9.17, 15) is 22.4 Å². The Kier molecular flexibility index (Phi) is 6.19. The second-order valence-electron chi connectivity index (χ2n) is 7.61. The molecule has 174 valence electrons. The summed E-state index contributed by atoms with van der Waals surface area (Å²) in [5.41, 5.74) is 0.345. The lowest BCUT2D eigenvalue weighted by Crippen LogP contribution is -2.27. The summed E-state index contributed by atoms with van der Waals surface area (Å²) in [7, 11) is 1.41. The number of nitrogens with one attached hydrogen (secondary N) is 1. The van der Waals surface area contributed by atoms with Crippen LogP contribution < -0.4 is 10.1 Å². The van der Waals surface area contributed by atoms with Crippen LogP contribution >= 0.6 is 0 Å². The number of hydrogen-bond donors (Lipinski definition) is 1. The van der Waals surface area contributed by atoms with Crippen molar-refractivity contribution in [2.45, 2.75) is 19.1 Å². The number of fused-ring (bicyclic) bond motifs is 1. The van der Waals surface area contributed by atoms with Crippen LogP contribution in [0.5, 0.6) is 5.75 Å². The third kappa shape index (κ3) is 4.68. The zero-order valence-corrected chi connectivity index (χ0v) is 18.2. The van der Waals surface area contributed by atoms with E-state index in [2.05, 4.69) is 15.3 Å². The average molecular weight is 469 g/mol. The number of pyridine rings is 2. The molecule has 5 nitrogen and oxygen atoms in total. The molecule has 0 aliphatic carbocycles. The van der Waals surface area contributed by atoms with Gasteiger partial charge in [-0.15, -0.1) is 0 Å². The molecule has 1 N–H and O–H groups in total. The molecule has 0 aliphatic heterocycles. The number of rotatable bonds is 5. The Morgan fingerprint density at radius 2 is 1.82 bits per heavy atom. The van der Waals surface area contributed by atoms with E-state index in [1.807, 2.05) is 6.07 Å². The Morgan fingerprint density at radius 1 is 1.03 bits per heavy atom. The number of aromatic nitrogens is 2. The maximum absolute atomic E-state index is 14.7. The molecule has 0 fully saturated rings. The van der Waals surface area contributed by atoms with Gasteiger partial charge in [0.25, 0.3) is 5.91 Å². The number of ether oxygens (including phenoxy) is 1. The summed E-state index contributed by atoms with van der Waals surface area (Å²) in [6.07, 6.45) is -1.70. The number of halogens is 4. The van der Waals surface area contributed by atoms with Crippen molar-refractivity contribution in [3.63, 3.8) is 0 Å². The van der Waals surface area contributed by atoms with Gasteiger partial charge in [-0.25, -0.2) is 4.39 Å². The summed E-state index contributed by atoms with van der Waals surface area (Å²) >= 11 is 0. The van der Waals surface area contributed by atoms with Crippen molar-refractivity contribution in [3.05, 3.63) is 89.6 Å². The largest absolute Gasteiger partial charge is 0.497 e. The third-order valence-electron chi connectivity index (χ3n) is 5.32. The van der Waals surface area contributed by atoms with Gasteiger partial charge >= 0.3 is 6.18 Å². The van der Waals surface area contributed by atoms with Gasteiger partial charge < -0.3 is 10.1 Å². The molecule has 0 radical (unpaired) electrons. The van der Waals surface area contributed by atoms with Crippen LogP contribution in [0.3, 0.4) is 0 Å². The van der Waals surface area contributed by atoms with Gasteiger partial charge in [-0.2, -0.15) is 13.2 Å². The lowest BCUT2D eigenvalue weighted by molar-refractivity contribution is -0.137. The van der Waals surface area contributed by atoms with Crippen LogP contribution in [-0.2, 0) is 6.18 Å². The van der Waals surface area contributed by atoms with Crippen LogP contribution in [0.25, 0.3) is 22.0 Å². The van der Waals surface area contributed by atoms with Gasteiger partial charge in [0.2, 0.25) is 0 Å². The van der Waals surface area contributed by atoms with Crippen molar-refractivity contribution in [1.82, 2.24) is 15.3 Å². The second-order valence-corrected chi connectivity index (χ2v) is 7.61. The van der Waals surface area contributed by atoms with Gasteiger partial charge in [-0.05, 0) is 49.4 Å². The molecular weight excluding hydrogens is 450 g/mol. The second kappa shape index (κ2) is 9.09. The van der Waals surface area contributed by atoms with E-state index in [4.69, 9.17) is 4.74 Å². The first-order valence-corrected chi connectivity index (χ1v) is 10.2. The number of nitrogens with zero attached hydrogens (tertiary/aromatic N) is 2. The monoisotopic (exact) mass is 469 g/mol. The van der Waals surface area contributed by atoms with Crippen molar-refractivity contribution < 1.29 is 27.1 Å². The SMILES string of the molecule is COc1cc(-c2ccc(C(F)(F)F)cc2F)c2ncc(C(=O)NC(C)c3ccccn3)cc2c1. The van der Waals surface area contributed by atoms with Crippen LogP contribution in [0, 0.1) is 5.82 Å². The third-order valence-corrected chi connectivity index (χ3v) is 5.32. The molecule has 4 aromatic rings. The summed E-state index contributed by atoms with van der Waals surface area (Å²) < 4.78 is 58.8. The molecule has 2 aromatic carbocycles. The topological polar surface area (TPSA) is 64.1 Å². The van der Waals surface area contributed by atoms with Gasteiger partial charge in [0.05, 0.1) is 35.5 Å². The van der Waals surface area contributed by atoms with Crippen molar-refractivity contribution >= 4 is 16.8 Å². The van der Waals surface area contributed by atoms with Gasteiger partial charge in [-0.3, -0.25) is 14.8 Å². The number of carbonyl (C=O) groups is 1. The molecule has 0 spiro atoms. The molecule has 0 saturated carbocycles. The predicted octanol–water partition coefficient (Wildman–Crippen LogP) is 5.95. The number of hydrogen-bond acceptors (Lipinski definition) is 4. The predicted molar refractivity (Wildman–Crippen MR) is 119 cm³/mol. The van der Waals surface area contributed by atoms with E-state index in [1.165, 1.54) is 19.4 Å². The van der Waals surface area contributed by atoms with E-state index >= 15 is 0 Å². The minimum atomic E-state index is -4.66. The number of benzene rings is 2. The molecule has 1 atom stereocenters. The fourth-order valence-electron chi connectivity index (χ4n) is 3.57. The van der Waals surface area contributed by atoms with Crippen LogP contribution in [0.1, 0.15) is 34.6 Å². The summed E-state index contributed by atoms with van der Waals surface area (Å²) in [6, 6.07) is 12.0. The molecule has 9 heteroatoms. The van der Waals surface area contributed by atoms with Crippen LogP contribution in [0.15, 0.2) is 67.0 Å². The zero-order chi connectivity index (χ0) is 24.5. The molecule has 0 bridgehead atoms. The minimum Gasteiger partial charge on any atom is -0.497 e. The highest BCUT2D eigenvalue weighted by atomic mass is 19.4. The molecular formula is C25H19F4N3O2. The van der Waals surface area contributed by atoms with Crippen LogP contribution in [-0.4, -0.2) is 23.0 Å². The molecule has 0 aliphatic rings. The van der Waals surface area contributed by atoms with Crippen LogP contribution in [0.4, 0.5) is 17.6 Å². The molecule has 4 rings (SSSR count). The minimum absolute atomic E-state index is 0.0645. The first-order valence-electron chi connectivity index (χ1n) is 10.2. The van der Waals surface area contributed by atoms with Gasteiger partial charge in [0, 0.05) is 28.9 Å². The van der Waals surface area contributed by atoms with Gasteiger partial charge in [-0.1, -0.05) is 12.1 Å². The van der Waals surface area contributed by atoms with E-state index in [-0.39, 0.29) is 22.7 Å². The Hall–Kier alpha value is -4.01. The van der Waals surface area contributed by atoms with Crippen molar-refractivity contribution in [3.8, 4) is 16.9 Å². The molecule has 0 saturated heterocycles. The molecule has 2 aromatic heterocycles. The van der Waals surface area contributed by atoms with Crippen LogP contribution in [0.2, 0.25) is 0 Å². The highest BCUT2D eigenvalue weighted by molar-refractivity contribution is 6.01. The molecule has 34 heavy (non-hydrogen) atoms. The number of carbonyl (C=O) groups excluding carboxylic acids is 1. The molecule has 1 amide bonds. The standard InChI is InChI=1S/C25H19F4N3O2/c1-14(22-5-3-4-8-30-22)32-24(33)16-9-15-10-18(34-2)12-20(23(15)31-13-16)19-7-6-17(11-21(19)26)25(27,28)29/h3-14H,1-2H3,(H,32,33). The highest BCUT2D eigenvalue weighted by Gasteiger charge is 2.31. The normalized spacial score (nSPS) is 12.4. The number of alkyl halides is 3. The fourth-order valence-corrected chi connectivity index (χ4v) is 3.57. The summed E-state index contributed by atoms with van der Waals surface area (Å²) in [5, 5.41) is 3.31. The fraction of sp³-hybridized carbons (Fsp3) is 0.160. The Balaban J connectivity index is 1.73. The smallest absolute Gasteiger partial charge is 0.416 e.